The molecule has 0 atom stereocenters. The van der Waals surface area contributed by atoms with Crippen LogP contribution in [0.3, 0.4) is 0 Å². The average Bonchev–Trinajstić information content (AvgIpc) is 2.07. The number of aldehydes is 1. The number of carbonyl (C=O) groups is 1. The highest BCUT2D eigenvalue weighted by atomic mass is 16.5. The summed E-state index contributed by atoms with van der Waals surface area (Å²) in [5.74, 6) is 0.216. The zero-order chi connectivity index (χ0) is 8.10. The van der Waals surface area contributed by atoms with Crippen molar-refractivity contribution in [3.8, 4) is 0 Å². The second-order valence-corrected chi connectivity index (χ2v) is 2.91. The topological polar surface area (TPSA) is 46.5 Å². The Kier molecular flexibility index (Phi) is 3.59. The highest BCUT2D eigenvalue weighted by Gasteiger charge is 2.20. The van der Waals surface area contributed by atoms with Gasteiger partial charge in [0.05, 0.1) is 0 Å². The first-order valence-electron chi connectivity index (χ1n) is 3.93. The lowest BCUT2D eigenvalue weighted by Crippen LogP contribution is -2.23. The van der Waals surface area contributed by atoms with Crippen LogP contribution >= 0.6 is 0 Å². The number of hydrogen-bond donors (Lipinski definition) is 1. The Morgan fingerprint density at radius 1 is 1.36 bits per heavy atom. The Balaban J connectivity index is 2.18. The fourth-order valence-electron chi connectivity index (χ4n) is 1.45. The second kappa shape index (κ2) is 4.52. The molecule has 4 heteroatoms. The zero-order valence-electron chi connectivity index (χ0n) is 6.40. The number of rotatable bonds is 3. The molecule has 1 saturated carbocycles. The minimum Gasteiger partial charge on any atom is -0.429 e. The Hall–Kier alpha value is -0.345. The van der Waals surface area contributed by atoms with Gasteiger partial charge in [0.15, 0.2) is 0 Å². The van der Waals surface area contributed by atoms with E-state index in [1.165, 1.54) is 0 Å². The molecular formula is C7H12BO3. The predicted octanol–water partition coefficient (Wildman–Crippen LogP) is 0.287. The summed E-state index contributed by atoms with van der Waals surface area (Å²) in [5.41, 5.74) is 0. The van der Waals surface area contributed by atoms with E-state index in [9.17, 15) is 4.79 Å². The summed E-state index contributed by atoms with van der Waals surface area (Å²) < 4.78 is 4.89. The van der Waals surface area contributed by atoms with Crippen molar-refractivity contribution < 1.29 is 14.5 Å². The SMILES string of the molecule is O=CC1CCC(O[B]O)CC1. The predicted molar refractivity (Wildman–Crippen MR) is 40.9 cm³/mol. The molecule has 3 nitrogen and oxygen atoms in total. The molecule has 0 aliphatic heterocycles. The lowest BCUT2D eigenvalue weighted by Gasteiger charge is -2.24. The van der Waals surface area contributed by atoms with Crippen molar-refractivity contribution in [2.45, 2.75) is 31.8 Å². The Morgan fingerprint density at radius 2 is 2.00 bits per heavy atom. The van der Waals surface area contributed by atoms with Crippen LogP contribution in [0.15, 0.2) is 0 Å². The summed E-state index contributed by atoms with van der Waals surface area (Å²) >= 11 is 0. The fourth-order valence-corrected chi connectivity index (χ4v) is 1.45. The van der Waals surface area contributed by atoms with Crippen molar-refractivity contribution in [3.05, 3.63) is 0 Å². The van der Waals surface area contributed by atoms with Gasteiger partial charge >= 0.3 is 7.69 Å². The van der Waals surface area contributed by atoms with E-state index in [-0.39, 0.29) is 12.0 Å². The van der Waals surface area contributed by atoms with Crippen LogP contribution < -0.4 is 0 Å². The van der Waals surface area contributed by atoms with Gasteiger partial charge in [0.25, 0.3) is 0 Å². The van der Waals surface area contributed by atoms with E-state index in [0.29, 0.717) is 0 Å². The third kappa shape index (κ3) is 2.63. The molecule has 0 unspecified atom stereocenters. The maximum absolute atomic E-state index is 10.3. The standard InChI is InChI=1S/C7H12BO3/c9-5-6-1-3-7(4-2-6)11-8-10/h5-7,10H,1-4H2. The monoisotopic (exact) mass is 155 g/mol. The summed E-state index contributed by atoms with van der Waals surface area (Å²) in [6.45, 7) is 0. The zero-order valence-corrected chi connectivity index (χ0v) is 6.40. The smallest absolute Gasteiger partial charge is 0.429 e. The van der Waals surface area contributed by atoms with E-state index in [0.717, 1.165) is 39.7 Å². The van der Waals surface area contributed by atoms with Gasteiger partial charge in [-0.3, -0.25) is 0 Å². The lowest BCUT2D eigenvalue weighted by molar-refractivity contribution is -0.112. The molecule has 1 aliphatic carbocycles. The van der Waals surface area contributed by atoms with Crippen LogP contribution in [-0.2, 0) is 9.45 Å². The molecule has 61 valence electrons. The molecule has 11 heavy (non-hydrogen) atoms. The summed E-state index contributed by atoms with van der Waals surface area (Å²) in [6, 6.07) is 0. The molecule has 0 aromatic rings. The minimum atomic E-state index is 0.121. The molecule has 0 saturated heterocycles. The molecule has 1 radical (unpaired) electrons. The van der Waals surface area contributed by atoms with E-state index in [2.05, 4.69) is 0 Å². The maximum atomic E-state index is 10.3. The van der Waals surface area contributed by atoms with Gasteiger partial charge in [-0.2, -0.15) is 0 Å². The van der Waals surface area contributed by atoms with Gasteiger partial charge in [-0.1, -0.05) is 0 Å². The minimum absolute atomic E-state index is 0.121. The van der Waals surface area contributed by atoms with Crippen molar-refractivity contribution in [1.29, 1.82) is 0 Å². The van der Waals surface area contributed by atoms with Crippen molar-refractivity contribution >= 4 is 14.0 Å². The first-order valence-corrected chi connectivity index (χ1v) is 3.93. The van der Waals surface area contributed by atoms with E-state index in [1.807, 2.05) is 0 Å². The molecule has 0 amide bonds. The summed E-state index contributed by atoms with van der Waals surface area (Å²) in [7, 11) is 0.742. The number of carbonyl (C=O) groups excluding carboxylic acids is 1. The van der Waals surface area contributed by atoms with Crippen LogP contribution in [0, 0.1) is 5.92 Å². The van der Waals surface area contributed by atoms with E-state index in [4.69, 9.17) is 9.68 Å². The Morgan fingerprint density at radius 3 is 2.45 bits per heavy atom. The van der Waals surface area contributed by atoms with Crippen LogP contribution in [0.5, 0.6) is 0 Å². The third-order valence-corrected chi connectivity index (χ3v) is 2.16. The normalized spacial score (nSPS) is 31.4. The highest BCUT2D eigenvalue weighted by molar-refractivity contribution is 6.15. The number of hydrogen-bond acceptors (Lipinski definition) is 3. The van der Waals surface area contributed by atoms with Crippen LogP contribution in [0.2, 0.25) is 0 Å². The van der Waals surface area contributed by atoms with E-state index in [1.54, 1.807) is 0 Å². The summed E-state index contributed by atoms with van der Waals surface area (Å²) in [4.78, 5) is 10.3. The van der Waals surface area contributed by atoms with Gasteiger partial charge in [0, 0.05) is 12.0 Å². The van der Waals surface area contributed by atoms with Gasteiger partial charge in [-0.05, 0) is 25.7 Å². The third-order valence-electron chi connectivity index (χ3n) is 2.16. The lowest BCUT2D eigenvalue weighted by atomic mass is 9.88. The fraction of sp³-hybridized carbons (Fsp3) is 0.857. The van der Waals surface area contributed by atoms with Gasteiger partial charge < -0.3 is 14.5 Å². The molecule has 1 fully saturated rings. The summed E-state index contributed by atoms with van der Waals surface area (Å²) in [6.07, 6.45) is 4.67. The van der Waals surface area contributed by atoms with E-state index >= 15 is 0 Å². The highest BCUT2D eigenvalue weighted by Crippen LogP contribution is 2.24. The van der Waals surface area contributed by atoms with Crippen molar-refractivity contribution in [2.24, 2.45) is 5.92 Å². The van der Waals surface area contributed by atoms with Gasteiger partial charge in [0.2, 0.25) is 0 Å². The molecular weight excluding hydrogens is 143 g/mol. The first-order chi connectivity index (χ1) is 5.36. The largest absolute Gasteiger partial charge is 0.485 e. The van der Waals surface area contributed by atoms with Crippen LogP contribution in [0.25, 0.3) is 0 Å². The van der Waals surface area contributed by atoms with Crippen molar-refractivity contribution in [1.82, 2.24) is 0 Å². The summed E-state index contributed by atoms with van der Waals surface area (Å²) in [5, 5.41) is 8.32. The van der Waals surface area contributed by atoms with Gasteiger partial charge in [-0.25, -0.2) is 0 Å². The Bertz CT molecular complexity index is 121. The first kappa shape index (κ1) is 8.75. The van der Waals surface area contributed by atoms with Crippen LogP contribution in [-0.4, -0.2) is 25.1 Å². The molecule has 0 bridgehead atoms. The molecule has 1 N–H and O–H groups in total. The molecule has 1 aliphatic rings. The van der Waals surface area contributed by atoms with Gasteiger partial charge in [0.1, 0.15) is 6.29 Å². The molecule has 0 heterocycles. The van der Waals surface area contributed by atoms with Crippen molar-refractivity contribution in [2.75, 3.05) is 0 Å². The molecule has 0 aromatic heterocycles. The quantitative estimate of drug-likeness (QED) is 0.470. The second-order valence-electron chi connectivity index (χ2n) is 2.91. The van der Waals surface area contributed by atoms with Gasteiger partial charge in [-0.15, -0.1) is 0 Å². The van der Waals surface area contributed by atoms with Crippen LogP contribution in [0.1, 0.15) is 25.7 Å². The van der Waals surface area contributed by atoms with Crippen LogP contribution in [0.4, 0.5) is 0 Å². The van der Waals surface area contributed by atoms with E-state index < -0.39 is 0 Å². The molecule has 0 aromatic carbocycles. The van der Waals surface area contributed by atoms with Crippen molar-refractivity contribution in [3.63, 3.8) is 0 Å². The average molecular weight is 155 g/mol. The Labute approximate surface area is 67.0 Å². The molecule has 1 rings (SSSR count). The maximum Gasteiger partial charge on any atom is 0.485 e. The molecule has 0 spiro atoms.